The van der Waals surface area contributed by atoms with E-state index in [4.69, 9.17) is 0 Å². The van der Waals surface area contributed by atoms with Crippen molar-refractivity contribution in [2.45, 2.75) is 57.2 Å². The summed E-state index contributed by atoms with van der Waals surface area (Å²) in [7, 11) is 0. The van der Waals surface area contributed by atoms with Crippen LogP contribution in [0.3, 0.4) is 0 Å². The van der Waals surface area contributed by atoms with Gasteiger partial charge in [-0.15, -0.1) is 0 Å². The average Bonchev–Trinajstić information content (AvgIpc) is 3.24. The molecule has 2 N–H and O–H groups in total. The molecule has 1 aliphatic carbocycles. The first-order valence-electron chi connectivity index (χ1n) is 9.33. The molecule has 1 spiro atoms. The third kappa shape index (κ3) is 2.83. The number of aliphatic hydroxyl groups excluding tert-OH is 1. The molecule has 0 aromatic rings. The van der Waals surface area contributed by atoms with E-state index in [1.54, 1.807) is 6.92 Å². The van der Waals surface area contributed by atoms with E-state index in [9.17, 15) is 19.8 Å². The van der Waals surface area contributed by atoms with Gasteiger partial charge in [0, 0.05) is 24.8 Å². The Bertz CT molecular complexity index is 615. The smallest absolute Gasteiger partial charge is 0.408 e. The summed E-state index contributed by atoms with van der Waals surface area (Å²) in [5, 5.41) is 19.6. The number of hydrogen-bond donors (Lipinski definition) is 2. The van der Waals surface area contributed by atoms with Crippen LogP contribution in [0.2, 0.25) is 0 Å². The summed E-state index contributed by atoms with van der Waals surface area (Å²) in [4.78, 5) is 29.3. The third-order valence-corrected chi connectivity index (χ3v) is 6.68. The van der Waals surface area contributed by atoms with Crippen LogP contribution in [0, 0.1) is 5.41 Å². The molecule has 4 rings (SSSR count). The molecule has 2 amide bonds. The Kier molecular flexibility index (Phi) is 4.03. The Labute approximate surface area is 147 Å². The Hall–Kier alpha value is -1.60. The van der Waals surface area contributed by atoms with Crippen molar-refractivity contribution >= 4 is 12.0 Å². The topological polar surface area (TPSA) is 84.3 Å². The molecule has 7 heteroatoms. The largest absolute Gasteiger partial charge is 0.465 e. The average molecular weight is 349 g/mol. The molecule has 0 bridgehead atoms. The number of nitrogens with zero attached hydrogens (tertiary/aromatic N) is 3. The van der Waals surface area contributed by atoms with Gasteiger partial charge in [-0.3, -0.25) is 9.69 Å². The number of fused-ring (bicyclic) bond motifs is 1. The van der Waals surface area contributed by atoms with Crippen molar-refractivity contribution in [3.8, 4) is 0 Å². The number of likely N-dealkylation sites (tertiary alicyclic amines) is 1. The molecule has 7 nitrogen and oxygen atoms in total. The number of carboxylic acid groups (broad SMARTS) is 1. The number of piperazine rings is 1. The number of piperidine rings is 1. The van der Waals surface area contributed by atoms with Gasteiger partial charge in [0.05, 0.1) is 12.6 Å². The zero-order chi connectivity index (χ0) is 17.8. The van der Waals surface area contributed by atoms with Gasteiger partial charge >= 0.3 is 6.09 Å². The lowest BCUT2D eigenvalue weighted by molar-refractivity contribution is -0.138. The van der Waals surface area contributed by atoms with Crippen LogP contribution in [0.4, 0.5) is 4.79 Å². The van der Waals surface area contributed by atoms with Crippen LogP contribution in [0.15, 0.2) is 11.8 Å². The lowest BCUT2D eigenvalue weighted by Gasteiger charge is -2.41. The predicted molar refractivity (Wildman–Crippen MR) is 90.9 cm³/mol. The minimum absolute atomic E-state index is 0.113. The van der Waals surface area contributed by atoms with Gasteiger partial charge in [0.25, 0.3) is 0 Å². The van der Waals surface area contributed by atoms with Gasteiger partial charge in [0.1, 0.15) is 6.04 Å². The Morgan fingerprint density at radius 3 is 2.76 bits per heavy atom. The molecular formula is C18H27N3O4. The molecule has 2 saturated heterocycles. The van der Waals surface area contributed by atoms with Gasteiger partial charge in [-0.25, -0.2) is 4.79 Å². The van der Waals surface area contributed by atoms with E-state index in [0.29, 0.717) is 6.54 Å². The number of carbonyl (C=O) groups is 2. The molecule has 4 aliphatic rings. The quantitative estimate of drug-likeness (QED) is 0.797. The van der Waals surface area contributed by atoms with Gasteiger partial charge in [-0.1, -0.05) is 6.08 Å². The zero-order valence-electron chi connectivity index (χ0n) is 14.7. The molecule has 0 aromatic carbocycles. The van der Waals surface area contributed by atoms with Crippen molar-refractivity contribution in [3.05, 3.63) is 11.8 Å². The van der Waals surface area contributed by atoms with E-state index in [1.165, 1.54) is 4.90 Å². The lowest BCUT2D eigenvalue weighted by atomic mass is 9.90. The standard InChI is InChI=1S/C18H27N3O4/c1-12-16(23)21-13(2-3-14(21)10-20(12)17(24)25)4-8-19-9-7-18(5-6-18)15(22)11-19/h3,12-13,15,22H,2,4-11H2,1H3,(H,24,25)/t12-,13?,15?/m0/s1. The van der Waals surface area contributed by atoms with E-state index in [2.05, 4.69) is 4.90 Å². The highest BCUT2D eigenvalue weighted by molar-refractivity contribution is 5.88. The first kappa shape index (κ1) is 16.8. The van der Waals surface area contributed by atoms with E-state index < -0.39 is 12.1 Å². The van der Waals surface area contributed by atoms with E-state index in [0.717, 1.165) is 57.4 Å². The van der Waals surface area contributed by atoms with E-state index in [1.807, 2.05) is 11.0 Å². The van der Waals surface area contributed by atoms with Gasteiger partial charge in [0.2, 0.25) is 5.91 Å². The fourth-order valence-electron chi connectivity index (χ4n) is 4.65. The Morgan fingerprint density at radius 2 is 2.12 bits per heavy atom. The Balaban J connectivity index is 1.34. The molecular weight excluding hydrogens is 322 g/mol. The number of aliphatic hydroxyl groups is 1. The zero-order valence-corrected chi connectivity index (χ0v) is 14.7. The summed E-state index contributed by atoms with van der Waals surface area (Å²) >= 11 is 0. The molecule has 3 aliphatic heterocycles. The monoisotopic (exact) mass is 349 g/mol. The van der Waals surface area contributed by atoms with Crippen LogP contribution in [-0.4, -0.2) is 81.3 Å². The number of hydrogen-bond acceptors (Lipinski definition) is 4. The number of β-amino-alcohol motifs (C(OH)–C–C–N with tert-alkyl or cyclic N) is 1. The SMILES string of the molecule is C[C@H]1C(=O)N2C(=CCC2CCN2CCC3(CC3)C(O)C2)CN1C(=O)O. The van der Waals surface area contributed by atoms with Gasteiger partial charge in [-0.05, 0) is 51.0 Å². The molecule has 0 aromatic heterocycles. The van der Waals surface area contributed by atoms with Crippen LogP contribution in [0.5, 0.6) is 0 Å². The summed E-state index contributed by atoms with van der Waals surface area (Å²) in [6.45, 7) is 4.60. The second-order valence-electron chi connectivity index (χ2n) is 8.10. The highest BCUT2D eigenvalue weighted by atomic mass is 16.4. The highest BCUT2D eigenvalue weighted by Gasteiger charge is 2.51. The summed E-state index contributed by atoms with van der Waals surface area (Å²) in [6.07, 6.45) is 5.83. The van der Waals surface area contributed by atoms with Crippen LogP contribution in [0.1, 0.15) is 39.0 Å². The van der Waals surface area contributed by atoms with Crippen molar-refractivity contribution in [3.63, 3.8) is 0 Å². The molecule has 138 valence electrons. The van der Waals surface area contributed by atoms with Gasteiger partial charge in [0.15, 0.2) is 0 Å². The lowest BCUT2D eigenvalue weighted by Crippen LogP contribution is -2.57. The molecule has 3 fully saturated rings. The summed E-state index contributed by atoms with van der Waals surface area (Å²) in [5.41, 5.74) is 1.04. The number of carbonyl (C=O) groups excluding carboxylic acids is 1. The molecule has 1 saturated carbocycles. The van der Waals surface area contributed by atoms with Crippen molar-refractivity contribution in [2.75, 3.05) is 26.2 Å². The fourth-order valence-corrected chi connectivity index (χ4v) is 4.65. The van der Waals surface area contributed by atoms with Crippen LogP contribution in [-0.2, 0) is 4.79 Å². The number of rotatable bonds is 3. The second kappa shape index (κ2) is 5.99. The fraction of sp³-hybridized carbons (Fsp3) is 0.778. The van der Waals surface area contributed by atoms with Crippen molar-refractivity contribution in [1.82, 2.24) is 14.7 Å². The first-order valence-corrected chi connectivity index (χ1v) is 9.33. The van der Waals surface area contributed by atoms with Crippen LogP contribution < -0.4 is 0 Å². The minimum atomic E-state index is -1.04. The van der Waals surface area contributed by atoms with Crippen molar-refractivity contribution < 1.29 is 19.8 Å². The van der Waals surface area contributed by atoms with E-state index >= 15 is 0 Å². The summed E-state index contributed by atoms with van der Waals surface area (Å²) in [6, 6.07) is -0.503. The van der Waals surface area contributed by atoms with E-state index in [-0.39, 0.29) is 23.5 Å². The normalized spacial score (nSPS) is 34.2. The third-order valence-electron chi connectivity index (χ3n) is 6.68. The maximum Gasteiger partial charge on any atom is 0.408 e. The maximum absolute atomic E-state index is 12.7. The summed E-state index contributed by atoms with van der Waals surface area (Å²) in [5.74, 6) is -0.113. The summed E-state index contributed by atoms with van der Waals surface area (Å²) < 4.78 is 0. The predicted octanol–water partition coefficient (Wildman–Crippen LogP) is 1.09. The van der Waals surface area contributed by atoms with Crippen LogP contribution in [0.25, 0.3) is 0 Å². The minimum Gasteiger partial charge on any atom is -0.465 e. The first-order chi connectivity index (χ1) is 11.9. The van der Waals surface area contributed by atoms with Crippen molar-refractivity contribution in [1.29, 1.82) is 0 Å². The molecule has 3 heterocycles. The molecule has 25 heavy (non-hydrogen) atoms. The molecule has 2 unspecified atom stereocenters. The molecule has 3 atom stereocenters. The molecule has 0 radical (unpaired) electrons. The maximum atomic E-state index is 12.7. The van der Waals surface area contributed by atoms with Crippen molar-refractivity contribution in [2.24, 2.45) is 5.41 Å². The van der Waals surface area contributed by atoms with Crippen LogP contribution >= 0.6 is 0 Å². The second-order valence-corrected chi connectivity index (χ2v) is 8.10. The number of amides is 2. The van der Waals surface area contributed by atoms with Gasteiger partial charge < -0.3 is 20.0 Å². The van der Waals surface area contributed by atoms with Gasteiger partial charge in [-0.2, -0.15) is 0 Å². The highest BCUT2D eigenvalue weighted by Crippen LogP contribution is 2.53. The Morgan fingerprint density at radius 1 is 1.36 bits per heavy atom.